The van der Waals surface area contributed by atoms with Crippen molar-refractivity contribution in [3.63, 3.8) is 0 Å². The van der Waals surface area contributed by atoms with E-state index in [-0.39, 0.29) is 30.1 Å². The molecule has 126 valence electrons. The van der Waals surface area contributed by atoms with Gasteiger partial charge in [-0.3, -0.25) is 9.69 Å². The van der Waals surface area contributed by atoms with E-state index in [1.165, 1.54) is 11.2 Å². The van der Waals surface area contributed by atoms with Crippen LogP contribution in [0.5, 0.6) is 0 Å². The predicted molar refractivity (Wildman–Crippen MR) is 81.4 cm³/mol. The van der Waals surface area contributed by atoms with Crippen LogP contribution < -0.4 is 5.32 Å². The van der Waals surface area contributed by atoms with Crippen LogP contribution in [0, 0.1) is 5.92 Å². The first-order valence-corrected chi connectivity index (χ1v) is 8.11. The molecule has 2 atom stereocenters. The summed E-state index contributed by atoms with van der Waals surface area (Å²) in [4.78, 5) is 30.6. The molecule has 24 heavy (non-hydrogen) atoms. The van der Waals surface area contributed by atoms with Crippen molar-refractivity contribution in [3.05, 3.63) is 24.2 Å². The minimum atomic E-state index is -0.775. The molecule has 1 aliphatic heterocycles. The van der Waals surface area contributed by atoms with Gasteiger partial charge in [-0.1, -0.05) is 24.9 Å². The SMILES string of the molecule is CC1CCCCC12NC(=O)N(Cc1noc(-c3ccco3)n1)C2=O. The average molecular weight is 330 g/mol. The Morgan fingerprint density at radius 2 is 2.29 bits per heavy atom. The second kappa shape index (κ2) is 5.47. The number of furan rings is 1. The van der Waals surface area contributed by atoms with Crippen LogP contribution in [0.15, 0.2) is 27.3 Å². The van der Waals surface area contributed by atoms with Crippen molar-refractivity contribution < 1.29 is 18.5 Å². The van der Waals surface area contributed by atoms with E-state index in [1.54, 1.807) is 12.1 Å². The molecule has 2 aromatic rings. The number of rotatable bonds is 3. The average Bonchev–Trinajstić information content (AvgIpc) is 3.28. The van der Waals surface area contributed by atoms with E-state index in [9.17, 15) is 9.59 Å². The van der Waals surface area contributed by atoms with E-state index in [2.05, 4.69) is 15.5 Å². The summed E-state index contributed by atoms with van der Waals surface area (Å²) >= 11 is 0. The molecule has 3 heterocycles. The van der Waals surface area contributed by atoms with Crippen LogP contribution in [-0.2, 0) is 11.3 Å². The highest BCUT2D eigenvalue weighted by atomic mass is 16.5. The molecule has 8 nitrogen and oxygen atoms in total. The number of hydrogen-bond donors (Lipinski definition) is 1. The van der Waals surface area contributed by atoms with Gasteiger partial charge in [-0.05, 0) is 30.9 Å². The highest BCUT2D eigenvalue weighted by Crippen LogP contribution is 2.38. The fourth-order valence-corrected chi connectivity index (χ4v) is 3.60. The maximum absolute atomic E-state index is 12.9. The molecule has 0 radical (unpaired) electrons. The summed E-state index contributed by atoms with van der Waals surface area (Å²) in [6.07, 6.45) is 5.15. The van der Waals surface area contributed by atoms with Crippen LogP contribution in [0.4, 0.5) is 4.79 Å². The molecule has 0 aromatic carbocycles. The molecule has 1 aliphatic carbocycles. The minimum absolute atomic E-state index is 0.0106. The Balaban J connectivity index is 1.55. The minimum Gasteiger partial charge on any atom is -0.459 e. The zero-order valence-electron chi connectivity index (χ0n) is 13.3. The number of carbonyl (C=O) groups excluding carboxylic acids is 2. The van der Waals surface area contributed by atoms with Gasteiger partial charge < -0.3 is 14.3 Å². The second-order valence-electron chi connectivity index (χ2n) is 6.43. The summed E-state index contributed by atoms with van der Waals surface area (Å²) < 4.78 is 10.3. The quantitative estimate of drug-likeness (QED) is 0.867. The van der Waals surface area contributed by atoms with Gasteiger partial charge in [0.2, 0.25) is 0 Å². The predicted octanol–water partition coefficient (Wildman–Crippen LogP) is 2.33. The highest BCUT2D eigenvalue weighted by Gasteiger charge is 2.55. The molecule has 2 fully saturated rings. The number of imide groups is 1. The van der Waals surface area contributed by atoms with Crippen molar-refractivity contribution >= 4 is 11.9 Å². The van der Waals surface area contributed by atoms with Gasteiger partial charge in [-0.25, -0.2) is 4.79 Å². The number of nitrogens with one attached hydrogen (secondary N) is 1. The van der Waals surface area contributed by atoms with Gasteiger partial charge in [-0.2, -0.15) is 4.98 Å². The zero-order valence-corrected chi connectivity index (χ0v) is 13.3. The Hall–Kier alpha value is -2.64. The summed E-state index contributed by atoms with van der Waals surface area (Å²) in [5, 5.41) is 6.74. The molecule has 8 heteroatoms. The Labute approximate surface area is 138 Å². The fraction of sp³-hybridized carbons (Fsp3) is 0.500. The number of urea groups is 1. The first-order valence-electron chi connectivity index (χ1n) is 8.11. The molecule has 0 bridgehead atoms. The molecule has 2 unspecified atom stereocenters. The van der Waals surface area contributed by atoms with Crippen molar-refractivity contribution in [2.75, 3.05) is 0 Å². The maximum Gasteiger partial charge on any atom is 0.325 e. The molecule has 2 aromatic heterocycles. The number of amides is 3. The molecule has 1 saturated heterocycles. The van der Waals surface area contributed by atoms with Gasteiger partial charge in [0.25, 0.3) is 11.8 Å². The molecule has 1 N–H and O–H groups in total. The molecule has 1 saturated carbocycles. The van der Waals surface area contributed by atoms with Gasteiger partial charge in [-0.15, -0.1) is 0 Å². The molecule has 2 aliphatic rings. The van der Waals surface area contributed by atoms with E-state index in [4.69, 9.17) is 8.94 Å². The summed E-state index contributed by atoms with van der Waals surface area (Å²) in [7, 11) is 0. The first-order chi connectivity index (χ1) is 11.6. The lowest BCUT2D eigenvalue weighted by Crippen LogP contribution is -2.53. The summed E-state index contributed by atoms with van der Waals surface area (Å²) in [6, 6.07) is 3.02. The van der Waals surface area contributed by atoms with Crippen LogP contribution in [0.3, 0.4) is 0 Å². The topological polar surface area (TPSA) is 101 Å². The Morgan fingerprint density at radius 1 is 1.42 bits per heavy atom. The van der Waals surface area contributed by atoms with Crippen LogP contribution in [0.25, 0.3) is 11.7 Å². The smallest absolute Gasteiger partial charge is 0.325 e. The lowest BCUT2D eigenvalue weighted by Gasteiger charge is -2.36. The third kappa shape index (κ3) is 2.21. The monoisotopic (exact) mass is 330 g/mol. The molecular formula is C16H18N4O4. The van der Waals surface area contributed by atoms with E-state index in [0.717, 1.165) is 19.3 Å². The zero-order chi connectivity index (χ0) is 16.7. The lowest BCUT2D eigenvalue weighted by atomic mass is 9.73. The van der Waals surface area contributed by atoms with E-state index in [1.807, 2.05) is 6.92 Å². The number of aromatic nitrogens is 2. The normalized spacial score (nSPS) is 27.0. The van der Waals surface area contributed by atoms with Gasteiger partial charge >= 0.3 is 6.03 Å². The van der Waals surface area contributed by atoms with Crippen LogP contribution >= 0.6 is 0 Å². The maximum atomic E-state index is 12.9. The number of nitrogens with zero attached hydrogens (tertiary/aromatic N) is 3. The Kier molecular flexibility index (Phi) is 3.40. The molecule has 3 amide bonds. The van der Waals surface area contributed by atoms with Gasteiger partial charge in [0.1, 0.15) is 5.54 Å². The third-order valence-electron chi connectivity index (χ3n) is 5.00. The third-order valence-corrected chi connectivity index (χ3v) is 5.00. The Morgan fingerprint density at radius 3 is 3.04 bits per heavy atom. The van der Waals surface area contributed by atoms with Gasteiger partial charge in [0.05, 0.1) is 12.8 Å². The van der Waals surface area contributed by atoms with E-state index in [0.29, 0.717) is 12.2 Å². The largest absolute Gasteiger partial charge is 0.459 e. The summed E-state index contributed by atoms with van der Waals surface area (Å²) in [5.41, 5.74) is -0.775. The molecular weight excluding hydrogens is 312 g/mol. The standard InChI is InChI=1S/C16H18N4O4/c1-10-5-2-3-7-16(10)14(21)20(15(22)18-16)9-12-17-13(24-19-12)11-6-4-8-23-11/h4,6,8,10H,2-3,5,7,9H2,1H3,(H,18,22). The van der Waals surface area contributed by atoms with Crippen molar-refractivity contribution in [3.8, 4) is 11.7 Å². The van der Waals surface area contributed by atoms with E-state index < -0.39 is 11.6 Å². The van der Waals surface area contributed by atoms with Crippen molar-refractivity contribution in [2.24, 2.45) is 5.92 Å². The van der Waals surface area contributed by atoms with Gasteiger partial charge in [0.15, 0.2) is 11.6 Å². The Bertz CT molecular complexity index is 769. The van der Waals surface area contributed by atoms with Crippen LogP contribution in [-0.4, -0.2) is 32.5 Å². The molecule has 4 rings (SSSR count). The van der Waals surface area contributed by atoms with Crippen molar-refractivity contribution in [2.45, 2.75) is 44.7 Å². The lowest BCUT2D eigenvalue weighted by molar-refractivity contribution is -0.134. The summed E-state index contributed by atoms with van der Waals surface area (Å²) in [5.74, 6) is 0.872. The second-order valence-corrected chi connectivity index (χ2v) is 6.43. The first kappa shape index (κ1) is 14.9. The van der Waals surface area contributed by atoms with Crippen molar-refractivity contribution in [1.82, 2.24) is 20.4 Å². The highest BCUT2D eigenvalue weighted by molar-refractivity contribution is 6.07. The number of carbonyl (C=O) groups is 2. The van der Waals surface area contributed by atoms with Crippen LogP contribution in [0.1, 0.15) is 38.4 Å². The van der Waals surface area contributed by atoms with Crippen LogP contribution in [0.2, 0.25) is 0 Å². The fourth-order valence-electron chi connectivity index (χ4n) is 3.60. The van der Waals surface area contributed by atoms with Gasteiger partial charge in [0, 0.05) is 0 Å². The van der Waals surface area contributed by atoms with E-state index >= 15 is 0 Å². The number of hydrogen-bond acceptors (Lipinski definition) is 6. The van der Waals surface area contributed by atoms with Crippen molar-refractivity contribution in [1.29, 1.82) is 0 Å². The molecule has 1 spiro atoms. The summed E-state index contributed by atoms with van der Waals surface area (Å²) in [6.45, 7) is 2.01.